The summed E-state index contributed by atoms with van der Waals surface area (Å²) in [6, 6.07) is 17.6. The first kappa shape index (κ1) is 19.4. The van der Waals surface area contributed by atoms with Gasteiger partial charge in [-0.05, 0) is 29.7 Å². The molecule has 2 atom stereocenters. The molecule has 0 spiro atoms. The standard InChI is InChI=1S/C22H27NO4/c1-2-20(21(24)22(25)27-16-17-6-4-3-5-7-17)18-8-10-19(11-9-18)23-12-14-26-15-13-23/h3-11,20-21,24H,2,12-16H2,1H3/t20?,21-/m1/s1. The van der Waals surface area contributed by atoms with E-state index in [9.17, 15) is 9.90 Å². The summed E-state index contributed by atoms with van der Waals surface area (Å²) >= 11 is 0. The minimum Gasteiger partial charge on any atom is -0.459 e. The molecule has 2 aromatic carbocycles. The van der Waals surface area contributed by atoms with Crippen LogP contribution in [0.3, 0.4) is 0 Å². The number of rotatable bonds is 7. The molecule has 1 heterocycles. The Hall–Kier alpha value is -2.37. The van der Waals surface area contributed by atoms with Gasteiger partial charge in [-0.1, -0.05) is 49.4 Å². The zero-order valence-corrected chi connectivity index (χ0v) is 15.7. The second-order valence-corrected chi connectivity index (χ2v) is 6.74. The molecular weight excluding hydrogens is 342 g/mol. The zero-order chi connectivity index (χ0) is 19.1. The first-order chi connectivity index (χ1) is 13.2. The topological polar surface area (TPSA) is 59.0 Å². The average Bonchev–Trinajstić information content (AvgIpc) is 2.74. The Morgan fingerprint density at radius 1 is 1.11 bits per heavy atom. The molecule has 1 aliphatic heterocycles. The van der Waals surface area contributed by atoms with Gasteiger partial charge in [-0.15, -0.1) is 0 Å². The fourth-order valence-corrected chi connectivity index (χ4v) is 3.37. The zero-order valence-electron chi connectivity index (χ0n) is 15.7. The van der Waals surface area contributed by atoms with Gasteiger partial charge in [-0.2, -0.15) is 0 Å². The maximum absolute atomic E-state index is 12.3. The van der Waals surface area contributed by atoms with Crippen molar-refractivity contribution in [3.63, 3.8) is 0 Å². The quantitative estimate of drug-likeness (QED) is 0.760. The Morgan fingerprint density at radius 3 is 2.41 bits per heavy atom. The number of carbonyl (C=O) groups excluding carboxylic acids is 1. The Morgan fingerprint density at radius 2 is 1.78 bits per heavy atom. The van der Waals surface area contributed by atoms with Crippen LogP contribution in [0.1, 0.15) is 30.4 Å². The highest BCUT2D eigenvalue weighted by Crippen LogP contribution is 2.27. The SMILES string of the molecule is CCC(c1ccc(N2CCOCC2)cc1)[C@@H](O)C(=O)OCc1ccccc1. The van der Waals surface area contributed by atoms with Crippen LogP contribution in [0.2, 0.25) is 0 Å². The molecule has 2 aromatic rings. The fourth-order valence-electron chi connectivity index (χ4n) is 3.37. The molecule has 27 heavy (non-hydrogen) atoms. The maximum Gasteiger partial charge on any atom is 0.335 e. The van der Waals surface area contributed by atoms with Gasteiger partial charge in [0.05, 0.1) is 13.2 Å². The van der Waals surface area contributed by atoms with Gasteiger partial charge in [-0.25, -0.2) is 4.79 Å². The highest BCUT2D eigenvalue weighted by molar-refractivity contribution is 5.75. The van der Waals surface area contributed by atoms with Crippen molar-refractivity contribution in [3.8, 4) is 0 Å². The van der Waals surface area contributed by atoms with E-state index in [1.165, 1.54) is 0 Å². The molecular formula is C22H27NO4. The summed E-state index contributed by atoms with van der Waals surface area (Å²) in [6.45, 7) is 5.38. The van der Waals surface area contributed by atoms with Crippen LogP contribution in [0.25, 0.3) is 0 Å². The molecule has 0 saturated carbocycles. The number of morpholine rings is 1. The van der Waals surface area contributed by atoms with E-state index in [1.807, 2.05) is 61.5 Å². The third-order valence-electron chi connectivity index (χ3n) is 4.98. The van der Waals surface area contributed by atoms with Crippen LogP contribution >= 0.6 is 0 Å². The van der Waals surface area contributed by atoms with Crippen molar-refractivity contribution in [1.29, 1.82) is 0 Å². The van der Waals surface area contributed by atoms with Gasteiger partial charge in [0.2, 0.25) is 0 Å². The Kier molecular flexibility index (Phi) is 6.85. The van der Waals surface area contributed by atoms with Crippen molar-refractivity contribution >= 4 is 11.7 Å². The summed E-state index contributed by atoms with van der Waals surface area (Å²) in [4.78, 5) is 14.6. The third kappa shape index (κ3) is 5.08. The van der Waals surface area contributed by atoms with E-state index in [0.717, 1.165) is 43.1 Å². The summed E-state index contributed by atoms with van der Waals surface area (Å²) in [6.07, 6.45) is -0.522. The normalized spacial score (nSPS) is 16.6. The predicted molar refractivity (Wildman–Crippen MR) is 105 cm³/mol. The van der Waals surface area contributed by atoms with Gasteiger partial charge in [-0.3, -0.25) is 0 Å². The van der Waals surface area contributed by atoms with E-state index in [4.69, 9.17) is 9.47 Å². The minimum absolute atomic E-state index is 0.170. The first-order valence-corrected chi connectivity index (χ1v) is 9.50. The van der Waals surface area contributed by atoms with Crippen molar-refractivity contribution in [2.24, 2.45) is 0 Å². The van der Waals surface area contributed by atoms with Crippen molar-refractivity contribution in [1.82, 2.24) is 0 Å². The fraction of sp³-hybridized carbons (Fsp3) is 0.409. The number of esters is 1. The molecule has 1 unspecified atom stereocenters. The molecule has 0 radical (unpaired) electrons. The van der Waals surface area contributed by atoms with Crippen molar-refractivity contribution < 1.29 is 19.4 Å². The van der Waals surface area contributed by atoms with Crippen LogP contribution in [0.5, 0.6) is 0 Å². The van der Waals surface area contributed by atoms with Gasteiger partial charge >= 0.3 is 5.97 Å². The molecule has 5 nitrogen and oxygen atoms in total. The van der Waals surface area contributed by atoms with E-state index >= 15 is 0 Å². The lowest BCUT2D eigenvalue weighted by atomic mass is 9.90. The Labute approximate surface area is 160 Å². The lowest BCUT2D eigenvalue weighted by molar-refractivity contribution is -0.156. The second kappa shape index (κ2) is 9.53. The number of hydrogen-bond donors (Lipinski definition) is 1. The van der Waals surface area contributed by atoms with E-state index in [2.05, 4.69) is 4.90 Å². The van der Waals surface area contributed by atoms with Crippen LogP contribution in [-0.2, 0) is 20.9 Å². The largest absolute Gasteiger partial charge is 0.459 e. The number of aliphatic hydroxyl groups is 1. The van der Waals surface area contributed by atoms with Crippen LogP contribution in [0.4, 0.5) is 5.69 Å². The summed E-state index contributed by atoms with van der Waals surface area (Å²) in [7, 11) is 0. The molecule has 144 valence electrons. The van der Waals surface area contributed by atoms with E-state index < -0.39 is 12.1 Å². The van der Waals surface area contributed by atoms with Gasteiger partial charge in [0.15, 0.2) is 6.10 Å². The molecule has 1 aliphatic rings. The maximum atomic E-state index is 12.3. The molecule has 0 amide bonds. The van der Waals surface area contributed by atoms with Crippen molar-refractivity contribution in [2.75, 3.05) is 31.2 Å². The van der Waals surface area contributed by atoms with Gasteiger partial charge in [0.25, 0.3) is 0 Å². The summed E-state index contributed by atoms with van der Waals surface area (Å²) in [5, 5.41) is 10.5. The molecule has 5 heteroatoms. The van der Waals surface area contributed by atoms with Crippen molar-refractivity contribution in [3.05, 3.63) is 65.7 Å². The molecule has 0 aliphatic carbocycles. The molecule has 1 saturated heterocycles. The summed E-state index contributed by atoms with van der Waals surface area (Å²) in [5.41, 5.74) is 2.98. The number of carbonyl (C=O) groups is 1. The number of anilines is 1. The Bertz CT molecular complexity index is 711. The average molecular weight is 369 g/mol. The van der Waals surface area contributed by atoms with Crippen LogP contribution in [-0.4, -0.2) is 43.5 Å². The number of ether oxygens (including phenoxy) is 2. The Balaban J connectivity index is 1.61. The third-order valence-corrected chi connectivity index (χ3v) is 4.98. The van der Waals surface area contributed by atoms with E-state index in [0.29, 0.717) is 6.42 Å². The number of aliphatic hydroxyl groups excluding tert-OH is 1. The number of hydrogen-bond acceptors (Lipinski definition) is 5. The summed E-state index contributed by atoms with van der Waals surface area (Å²) < 4.78 is 10.7. The first-order valence-electron chi connectivity index (χ1n) is 9.50. The van der Waals surface area contributed by atoms with Gasteiger partial charge in [0, 0.05) is 24.7 Å². The van der Waals surface area contributed by atoms with E-state index in [1.54, 1.807) is 0 Å². The highest BCUT2D eigenvalue weighted by Gasteiger charge is 2.27. The number of nitrogens with zero attached hydrogens (tertiary/aromatic N) is 1. The van der Waals surface area contributed by atoms with Gasteiger partial charge in [0.1, 0.15) is 6.61 Å². The monoisotopic (exact) mass is 369 g/mol. The minimum atomic E-state index is -1.17. The second-order valence-electron chi connectivity index (χ2n) is 6.74. The smallest absolute Gasteiger partial charge is 0.335 e. The van der Waals surface area contributed by atoms with Crippen molar-refractivity contribution in [2.45, 2.75) is 32.0 Å². The van der Waals surface area contributed by atoms with E-state index in [-0.39, 0.29) is 12.5 Å². The lowest BCUT2D eigenvalue weighted by Crippen LogP contribution is -2.36. The molecule has 0 bridgehead atoms. The van der Waals surface area contributed by atoms with Crippen LogP contribution in [0.15, 0.2) is 54.6 Å². The molecule has 1 N–H and O–H groups in total. The van der Waals surface area contributed by atoms with Crippen LogP contribution in [0, 0.1) is 0 Å². The lowest BCUT2D eigenvalue weighted by Gasteiger charge is -2.29. The molecule has 3 rings (SSSR count). The predicted octanol–water partition coefficient (Wildman–Crippen LogP) is 3.12. The highest BCUT2D eigenvalue weighted by atomic mass is 16.5. The van der Waals surface area contributed by atoms with Crippen LogP contribution < -0.4 is 4.90 Å². The molecule has 0 aromatic heterocycles. The number of benzene rings is 2. The summed E-state index contributed by atoms with van der Waals surface area (Å²) in [5.74, 6) is -0.866. The molecule has 1 fully saturated rings. The van der Waals surface area contributed by atoms with Gasteiger partial charge < -0.3 is 19.5 Å².